The second kappa shape index (κ2) is 7.05. The lowest BCUT2D eigenvalue weighted by Crippen LogP contribution is -2.11. The van der Waals surface area contributed by atoms with Gasteiger partial charge in [0.05, 0.1) is 28.6 Å². The Morgan fingerprint density at radius 3 is 2.73 bits per heavy atom. The van der Waals surface area contributed by atoms with Gasteiger partial charge in [-0.1, -0.05) is 11.6 Å². The SMILES string of the molecule is COC(=O)c1ccc2c(=O)[nH]c(/C(Cl)=C/c3cc(F)ccc3F)nc2c1. The molecule has 3 aromatic rings. The number of carbonyl (C=O) groups excluding carboxylic acids is 1. The zero-order valence-corrected chi connectivity index (χ0v) is 14.1. The van der Waals surface area contributed by atoms with Crippen molar-refractivity contribution in [1.29, 1.82) is 0 Å². The number of nitrogens with one attached hydrogen (secondary N) is 1. The number of fused-ring (bicyclic) bond motifs is 1. The highest BCUT2D eigenvalue weighted by atomic mass is 35.5. The molecule has 1 heterocycles. The average molecular weight is 377 g/mol. The molecule has 0 aliphatic rings. The van der Waals surface area contributed by atoms with Gasteiger partial charge in [-0.25, -0.2) is 18.6 Å². The number of aromatic amines is 1. The van der Waals surface area contributed by atoms with Crippen LogP contribution in [-0.2, 0) is 4.74 Å². The highest BCUT2D eigenvalue weighted by molar-refractivity contribution is 6.50. The summed E-state index contributed by atoms with van der Waals surface area (Å²) in [5, 5.41) is 0.139. The third kappa shape index (κ3) is 3.48. The van der Waals surface area contributed by atoms with Gasteiger partial charge < -0.3 is 9.72 Å². The van der Waals surface area contributed by atoms with Crippen LogP contribution in [0.15, 0.2) is 41.2 Å². The highest BCUT2D eigenvalue weighted by Gasteiger charge is 2.12. The molecule has 0 bridgehead atoms. The van der Waals surface area contributed by atoms with E-state index in [0.29, 0.717) is 0 Å². The van der Waals surface area contributed by atoms with Gasteiger partial charge in [-0.2, -0.15) is 0 Å². The molecule has 0 saturated heterocycles. The van der Waals surface area contributed by atoms with Crippen LogP contribution in [0, 0.1) is 11.6 Å². The Bertz CT molecular complexity index is 1110. The van der Waals surface area contributed by atoms with Crippen molar-refractivity contribution in [2.45, 2.75) is 0 Å². The first-order chi connectivity index (χ1) is 12.4. The van der Waals surface area contributed by atoms with Gasteiger partial charge in [-0.15, -0.1) is 0 Å². The fourth-order valence-corrected chi connectivity index (χ4v) is 2.53. The molecule has 0 aliphatic carbocycles. The number of halogens is 3. The Kier molecular flexibility index (Phi) is 4.81. The summed E-state index contributed by atoms with van der Waals surface area (Å²) in [5.41, 5.74) is -0.174. The highest BCUT2D eigenvalue weighted by Crippen LogP contribution is 2.22. The number of carbonyl (C=O) groups is 1. The Balaban J connectivity index is 2.12. The summed E-state index contributed by atoms with van der Waals surface area (Å²) < 4.78 is 31.6. The molecule has 0 aliphatic heterocycles. The maximum absolute atomic E-state index is 13.7. The first kappa shape index (κ1) is 17.8. The molecule has 8 heteroatoms. The molecular weight excluding hydrogens is 366 g/mol. The Morgan fingerprint density at radius 1 is 1.23 bits per heavy atom. The molecule has 0 amide bonds. The topological polar surface area (TPSA) is 72.1 Å². The van der Waals surface area contributed by atoms with Crippen molar-refractivity contribution in [1.82, 2.24) is 9.97 Å². The van der Waals surface area contributed by atoms with Crippen molar-refractivity contribution in [2.24, 2.45) is 0 Å². The van der Waals surface area contributed by atoms with E-state index in [1.54, 1.807) is 0 Å². The van der Waals surface area contributed by atoms with Gasteiger partial charge in [0.1, 0.15) is 11.6 Å². The molecular formula is C18H11ClF2N2O3. The van der Waals surface area contributed by atoms with Crippen molar-refractivity contribution in [3.05, 3.63) is 75.3 Å². The van der Waals surface area contributed by atoms with Crippen molar-refractivity contribution in [3.8, 4) is 0 Å². The molecule has 0 saturated carbocycles. The van der Waals surface area contributed by atoms with E-state index in [1.165, 1.54) is 25.3 Å². The summed E-state index contributed by atoms with van der Waals surface area (Å²) in [4.78, 5) is 30.5. The largest absolute Gasteiger partial charge is 0.465 e. The van der Waals surface area contributed by atoms with Crippen molar-refractivity contribution in [3.63, 3.8) is 0 Å². The molecule has 1 N–H and O–H groups in total. The smallest absolute Gasteiger partial charge is 0.337 e. The molecule has 26 heavy (non-hydrogen) atoms. The van der Waals surface area contributed by atoms with E-state index in [2.05, 4.69) is 14.7 Å². The number of ether oxygens (including phenoxy) is 1. The summed E-state index contributed by atoms with van der Waals surface area (Å²) in [5.74, 6) is -1.95. The maximum atomic E-state index is 13.7. The third-order valence-corrected chi connectivity index (χ3v) is 3.88. The normalized spacial score (nSPS) is 11.6. The first-order valence-electron chi connectivity index (χ1n) is 7.34. The number of aromatic nitrogens is 2. The molecule has 0 spiro atoms. The third-order valence-electron chi connectivity index (χ3n) is 3.59. The number of methoxy groups -OCH3 is 1. The van der Waals surface area contributed by atoms with Crippen molar-refractivity contribution in [2.75, 3.05) is 7.11 Å². The van der Waals surface area contributed by atoms with Crippen LogP contribution in [0.3, 0.4) is 0 Å². The lowest BCUT2D eigenvalue weighted by Gasteiger charge is -2.05. The molecule has 0 radical (unpaired) electrons. The van der Waals surface area contributed by atoms with E-state index < -0.39 is 23.2 Å². The molecule has 1 aromatic heterocycles. The van der Waals surface area contributed by atoms with Gasteiger partial charge in [0, 0.05) is 5.56 Å². The first-order valence-corrected chi connectivity index (χ1v) is 7.72. The van der Waals surface area contributed by atoms with Crippen molar-refractivity contribution >= 4 is 39.6 Å². The van der Waals surface area contributed by atoms with Crippen LogP contribution >= 0.6 is 11.6 Å². The predicted molar refractivity (Wildman–Crippen MR) is 93.8 cm³/mol. The average Bonchev–Trinajstić information content (AvgIpc) is 2.63. The Hall–Kier alpha value is -3.06. The number of esters is 1. The van der Waals surface area contributed by atoms with Gasteiger partial charge in [-0.05, 0) is 42.5 Å². The molecule has 132 valence electrons. The van der Waals surface area contributed by atoms with Crippen LogP contribution in [0.1, 0.15) is 21.7 Å². The Morgan fingerprint density at radius 2 is 2.00 bits per heavy atom. The zero-order valence-electron chi connectivity index (χ0n) is 13.3. The van der Waals surface area contributed by atoms with Crippen LogP contribution in [0.2, 0.25) is 0 Å². The van der Waals surface area contributed by atoms with E-state index in [1.807, 2.05) is 0 Å². The number of nitrogens with zero attached hydrogens (tertiary/aromatic N) is 1. The van der Waals surface area contributed by atoms with Crippen LogP contribution < -0.4 is 5.56 Å². The Labute approximate surface area is 150 Å². The summed E-state index contributed by atoms with van der Waals surface area (Å²) in [7, 11) is 1.23. The second-order valence-corrected chi connectivity index (χ2v) is 5.70. The molecule has 0 atom stereocenters. The number of benzene rings is 2. The fourth-order valence-electron chi connectivity index (χ4n) is 2.33. The van der Waals surface area contributed by atoms with Gasteiger partial charge in [0.15, 0.2) is 5.82 Å². The zero-order chi connectivity index (χ0) is 18.8. The van der Waals surface area contributed by atoms with Crippen LogP contribution in [0.4, 0.5) is 8.78 Å². The lowest BCUT2D eigenvalue weighted by atomic mass is 10.1. The van der Waals surface area contributed by atoms with Crippen LogP contribution in [-0.4, -0.2) is 23.0 Å². The van der Waals surface area contributed by atoms with E-state index in [9.17, 15) is 18.4 Å². The van der Waals surface area contributed by atoms with E-state index in [0.717, 1.165) is 24.3 Å². The molecule has 2 aromatic carbocycles. The number of H-pyrrole nitrogens is 1. The lowest BCUT2D eigenvalue weighted by molar-refractivity contribution is 0.0601. The number of hydrogen-bond acceptors (Lipinski definition) is 4. The summed E-state index contributed by atoms with van der Waals surface area (Å²) >= 11 is 6.11. The minimum absolute atomic E-state index is 0.0464. The standard InChI is InChI=1S/C18H11ClF2N2O3/c1-26-18(25)9-2-4-12-15(8-9)22-16(23-17(12)24)13(19)7-10-6-11(20)3-5-14(10)21/h2-8H,1H3,(H,22,23,24)/b13-7-. The molecule has 0 unspecified atom stereocenters. The monoisotopic (exact) mass is 376 g/mol. The molecule has 0 fully saturated rings. The van der Waals surface area contributed by atoms with Crippen LogP contribution in [0.25, 0.3) is 22.0 Å². The van der Waals surface area contributed by atoms with Gasteiger partial charge in [0.25, 0.3) is 5.56 Å². The quantitative estimate of drug-likeness (QED) is 0.707. The minimum Gasteiger partial charge on any atom is -0.465 e. The molecule has 5 nitrogen and oxygen atoms in total. The summed E-state index contributed by atoms with van der Waals surface area (Å²) in [6.07, 6.45) is 1.15. The molecule has 3 rings (SSSR count). The second-order valence-electron chi connectivity index (χ2n) is 5.30. The van der Waals surface area contributed by atoms with E-state index in [4.69, 9.17) is 11.6 Å². The minimum atomic E-state index is -0.680. The predicted octanol–water partition coefficient (Wildman–Crippen LogP) is 3.72. The maximum Gasteiger partial charge on any atom is 0.337 e. The van der Waals surface area contributed by atoms with Crippen LogP contribution in [0.5, 0.6) is 0 Å². The van der Waals surface area contributed by atoms with Gasteiger partial charge >= 0.3 is 5.97 Å². The summed E-state index contributed by atoms with van der Waals surface area (Å²) in [6.45, 7) is 0. The van der Waals surface area contributed by atoms with E-state index in [-0.39, 0.29) is 32.9 Å². The van der Waals surface area contributed by atoms with Gasteiger partial charge in [0.2, 0.25) is 0 Å². The van der Waals surface area contributed by atoms with Gasteiger partial charge in [-0.3, -0.25) is 4.79 Å². The van der Waals surface area contributed by atoms with E-state index >= 15 is 0 Å². The fraction of sp³-hybridized carbons (Fsp3) is 0.0556. The number of hydrogen-bond donors (Lipinski definition) is 1. The van der Waals surface area contributed by atoms with Crippen molar-refractivity contribution < 1.29 is 18.3 Å². The summed E-state index contributed by atoms with van der Waals surface area (Å²) in [6, 6.07) is 7.15. The number of rotatable bonds is 3.